The SMILES string of the molecule is CCOC(C(=O)CC)c1cccc(C)c1. The zero-order chi connectivity index (χ0) is 11.3. The lowest BCUT2D eigenvalue weighted by Crippen LogP contribution is -2.15. The minimum Gasteiger partial charge on any atom is -0.366 e. The smallest absolute Gasteiger partial charge is 0.165 e. The van der Waals surface area contributed by atoms with Gasteiger partial charge in [-0.25, -0.2) is 0 Å². The Morgan fingerprint density at radius 3 is 2.67 bits per heavy atom. The Labute approximate surface area is 91.3 Å². The highest BCUT2D eigenvalue weighted by Crippen LogP contribution is 2.20. The molecule has 1 aromatic carbocycles. The number of ether oxygens (including phenoxy) is 1. The second-order valence-corrected chi connectivity index (χ2v) is 3.57. The number of benzene rings is 1. The molecular formula is C13H18O2. The molecule has 1 atom stereocenters. The Morgan fingerprint density at radius 1 is 1.40 bits per heavy atom. The van der Waals surface area contributed by atoms with Gasteiger partial charge in [-0.3, -0.25) is 4.79 Å². The maximum atomic E-state index is 11.7. The van der Waals surface area contributed by atoms with Gasteiger partial charge in [-0.05, 0) is 19.4 Å². The molecule has 0 aliphatic rings. The van der Waals surface area contributed by atoms with Crippen LogP contribution >= 0.6 is 0 Å². The number of carbonyl (C=O) groups excluding carboxylic acids is 1. The van der Waals surface area contributed by atoms with Crippen molar-refractivity contribution in [2.45, 2.75) is 33.3 Å². The Bertz CT molecular complexity index is 331. The molecule has 0 saturated carbocycles. The molecule has 0 bridgehead atoms. The van der Waals surface area contributed by atoms with Crippen LogP contribution in [0.3, 0.4) is 0 Å². The van der Waals surface area contributed by atoms with Crippen LogP contribution in [0.1, 0.15) is 37.5 Å². The summed E-state index contributed by atoms with van der Waals surface area (Å²) in [5.41, 5.74) is 2.12. The summed E-state index contributed by atoms with van der Waals surface area (Å²) in [5, 5.41) is 0. The van der Waals surface area contributed by atoms with Gasteiger partial charge in [0, 0.05) is 13.0 Å². The molecule has 0 heterocycles. The molecule has 1 aromatic rings. The average molecular weight is 206 g/mol. The molecule has 0 amide bonds. The highest BCUT2D eigenvalue weighted by Gasteiger charge is 2.18. The number of hydrogen-bond acceptors (Lipinski definition) is 2. The third kappa shape index (κ3) is 3.17. The topological polar surface area (TPSA) is 26.3 Å². The van der Waals surface area contributed by atoms with E-state index in [9.17, 15) is 4.79 Å². The van der Waals surface area contributed by atoms with Gasteiger partial charge in [-0.2, -0.15) is 0 Å². The molecule has 0 radical (unpaired) electrons. The number of rotatable bonds is 5. The lowest BCUT2D eigenvalue weighted by molar-refractivity contribution is -0.130. The van der Waals surface area contributed by atoms with E-state index >= 15 is 0 Å². The lowest BCUT2D eigenvalue weighted by atomic mass is 10.0. The van der Waals surface area contributed by atoms with Crippen molar-refractivity contribution in [2.24, 2.45) is 0 Å². The molecule has 0 saturated heterocycles. The highest BCUT2D eigenvalue weighted by molar-refractivity contribution is 5.84. The molecule has 82 valence electrons. The van der Waals surface area contributed by atoms with Crippen molar-refractivity contribution in [2.75, 3.05) is 6.61 Å². The Balaban J connectivity index is 2.93. The number of aryl methyl sites for hydroxylation is 1. The second kappa shape index (κ2) is 5.66. The van der Waals surface area contributed by atoms with Crippen LogP contribution in [-0.4, -0.2) is 12.4 Å². The molecule has 0 fully saturated rings. The summed E-state index contributed by atoms with van der Waals surface area (Å²) in [4.78, 5) is 11.7. The van der Waals surface area contributed by atoms with Gasteiger partial charge in [0.1, 0.15) is 6.10 Å². The van der Waals surface area contributed by atoms with Crippen LogP contribution < -0.4 is 0 Å². The molecule has 0 aliphatic carbocycles. The van der Waals surface area contributed by atoms with Gasteiger partial charge in [-0.1, -0.05) is 36.8 Å². The van der Waals surface area contributed by atoms with Gasteiger partial charge >= 0.3 is 0 Å². The number of Topliss-reactive ketones (excluding diaryl/α,β-unsaturated/α-hetero) is 1. The van der Waals surface area contributed by atoms with Crippen molar-refractivity contribution >= 4 is 5.78 Å². The summed E-state index contributed by atoms with van der Waals surface area (Å²) in [7, 11) is 0. The van der Waals surface area contributed by atoms with Gasteiger partial charge in [0.2, 0.25) is 0 Å². The van der Waals surface area contributed by atoms with Crippen LogP contribution in [0.5, 0.6) is 0 Å². The molecule has 0 N–H and O–H groups in total. The fourth-order valence-corrected chi connectivity index (χ4v) is 1.56. The van der Waals surface area contributed by atoms with Crippen molar-refractivity contribution in [1.29, 1.82) is 0 Å². The van der Waals surface area contributed by atoms with Gasteiger partial charge in [0.25, 0.3) is 0 Å². The van der Waals surface area contributed by atoms with Crippen LogP contribution in [0.15, 0.2) is 24.3 Å². The van der Waals surface area contributed by atoms with Crippen LogP contribution in [0.2, 0.25) is 0 Å². The van der Waals surface area contributed by atoms with Crippen LogP contribution in [0, 0.1) is 6.92 Å². The van der Waals surface area contributed by atoms with Gasteiger partial charge in [-0.15, -0.1) is 0 Å². The molecule has 2 heteroatoms. The molecular weight excluding hydrogens is 188 g/mol. The van der Waals surface area contributed by atoms with Crippen molar-refractivity contribution in [1.82, 2.24) is 0 Å². The number of ketones is 1. The van der Waals surface area contributed by atoms with E-state index in [0.717, 1.165) is 11.1 Å². The molecule has 0 spiro atoms. The summed E-state index contributed by atoms with van der Waals surface area (Å²) in [6.45, 7) is 6.35. The highest BCUT2D eigenvalue weighted by atomic mass is 16.5. The first-order chi connectivity index (χ1) is 7.19. The van der Waals surface area contributed by atoms with E-state index in [-0.39, 0.29) is 11.9 Å². The third-order valence-corrected chi connectivity index (χ3v) is 2.32. The first-order valence-corrected chi connectivity index (χ1v) is 5.39. The molecule has 1 unspecified atom stereocenters. The van der Waals surface area contributed by atoms with Crippen molar-refractivity contribution in [3.63, 3.8) is 0 Å². The minimum absolute atomic E-state index is 0.141. The Kier molecular flexibility index (Phi) is 4.50. The fourth-order valence-electron chi connectivity index (χ4n) is 1.56. The van der Waals surface area contributed by atoms with Crippen molar-refractivity contribution in [3.8, 4) is 0 Å². The molecule has 15 heavy (non-hydrogen) atoms. The summed E-state index contributed by atoms with van der Waals surface area (Å²) < 4.78 is 5.49. The van der Waals surface area contributed by atoms with E-state index in [1.165, 1.54) is 0 Å². The van der Waals surface area contributed by atoms with Crippen LogP contribution in [0.25, 0.3) is 0 Å². The number of hydrogen-bond donors (Lipinski definition) is 0. The normalized spacial score (nSPS) is 12.5. The van der Waals surface area contributed by atoms with E-state index < -0.39 is 0 Å². The molecule has 0 aliphatic heterocycles. The van der Waals surface area contributed by atoms with E-state index in [1.54, 1.807) is 0 Å². The summed E-state index contributed by atoms with van der Waals surface area (Å²) in [5.74, 6) is 0.141. The van der Waals surface area contributed by atoms with E-state index in [1.807, 2.05) is 45.0 Å². The van der Waals surface area contributed by atoms with Gasteiger partial charge in [0.15, 0.2) is 5.78 Å². The minimum atomic E-state index is -0.389. The summed E-state index contributed by atoms with van der Waals surface area (Å²) >= 11 is 0. The average Bonchev–Trinajstić information content (AvgIpc) is 2.25. The molecule has 2 nitrogen and oxygen atoms in total. The number of carbonyl (C=O) groups is 1. The van der Waals surface area contributed by atoms with E-state index in [0.29, 0.717) is 13.0 Å². The van der Waals surface area contributed by atoms with Crippen LogP contribution in [0.4, 0.5) is 0 Å². The maximum absolute atomic E-state index is 11.7. The monoisotopic (exact) mass is 206 g/mol. The zero-order valence-corrected chi connectivity index (χ0v) is 9.62. The quantitative estimate of drug-likeness (QED) is 0.740. The summed E-state index contributed by atoms with van der Waals surface area (Å²) in [6, 6.07) is 7.93. The maximum Gasteiger partial charge on any atom is 0.165 e. The standard InChI is InChI=1S/C13H18O2/c1-4-12(14)13(15-5-2)11-8-6-7-10(3)9-11/h6-9,13H,4-5H2,1-3H3. The van der Waals surface area contributed by atoms with Crippen molar-refractivity contribution in [3.05, 3.63) is 35.4 Å². The Hall–Kier alpha value is -1.15. The molecule has 0 aromatic heterocycles. The zero-order valence-electron chi connectivity index (χ0n) is 9.62. The first-order valence-electron chi connectivity index (χ1n) is 5.39. The fraction of sp³-hybridized carbons (Fsp3) is 0.462. The van der Waals surface area contributed by atoms with Crippen LogP contribution in [-0.2, 0) is 9.53 Å². The summed E-state index contributed by atoms with van der Waals surface area (Å²) in [6.07, 6.45) is 0.124. The van der Waals surface area contributed by atoms with Crippen molar-refractivity contribution < 1.29 is 9.53 Å². The van der Waals surface area contributed by atoms with Gasteiger partial charge < -0.3 is 4.74 Å². The lowest BCUT2D eigenvalue weighted by Gasteiger charge is -2.15. The first kappa shape index (κ1) is 11.9. The predicted octanol–water partition coefficient (Wildman–Crippen LogP) is 3.05. The van der Waals surface area contributed by atoms with E-state index in [4.69, 9.17) is 4.74 Å². The molecule has 1 rings (SSSR count). The largest absolute Gasteiger partial charge is 0.366 e. The predicted molar refractivity (Wildman–Crippen MR) is 60.8 cm³/mol. The van der Waals surface area contributed by atoms with Gasteiger partial charge in [0.05, 0.1) is 0 Å². The Morgan fingerprint density at radius 2 is 2.13 bits per heavy atom. The van der Waals surface area contributed by atoms with E-state index in [2.05, 4.69) is 0 Å². The second-order valence-electron chi connectivity index (χ2n) is 3.57. The third-order valence-electron chi connectivity index (χ3n) is 2.32.